The van der Waals surface area contributed by atoms with Crippen LogP contribution < -0.4 is 5.32 Å². The monoisotopic (exact) mass is 356 g/mol. The number of nitrogens with zero attached hydrogens (tertiary/aromatic N) is 1. The quantitative estimate of drug-likeness (QED) is 0.862. The van der Waals surface area contributed by atoms with Gasteiger partial charge in [-0.05, 0) is 39.0 Å². The lowest BCUT2D eigenvalue weighted by molar-refractivity contribution is 0.412. The zero-order valence-corrected chi connectivity index (χ0v) is 14.2. The summed E-state index contributed by atoms with van der Waals surface area (Å²) in [5.41, 5.74) is 0.951. The third kappa shape index (κ3) is 4.33. The molecule has 0 fully saturated rings. The van der Waals surface area contributed by atoms with Gasteiger partial charge in [-0.3, -0.25) is 0 Å². The van der Waals surface area contributed by atoms with Crippen molar-refractivity contribution in [2.45, 2.75) is 32.7 Å². The van der Waals surface area contributed by atoms with Crippen LogP contribution in [0.1, 0.15) is 26.7 Å². The fourth-order valence-electron chi connectivity index (χ4n) is 1.78. The van der Waals surface area contributed by atoms with Gasteiger partial charge in [0.15, 0.2) is 11.7 Å². The van der Waals surface area contributed by atoms with Crippen LogP contribution in [0.25, 0.3) is 11.3 Å². The molecule has 0 aliphatic rings. The lowest BCUT2D eigenvalue weighted by atomic mass is 10.1. The lowest BCUT2D eigenvalue weighted by Crippen LogP contribution is -2.37. The summed E-state index contributed by atoms with van der Waals surface area (Å²) in [5.74, 6) is 1.41. The Bertz CT molecular complexity index is 590. The van der Waals surface area contributed by atoms with E-state index in [1.807, 2.05) is 18.2 Å². The molecule has 1 N–H and O–H groups in total. The van der Waals surface area contributed by atoms with Gasteiger partial charge in [0.1, 0.15) is 0 Å². The molecule has 0 saturated carbocycles. The van der Waals surface area contributed by atoms with Crippen LogP contribution in [0.2, 0.25) is 5.02 Å². The van der Waals surface area contributed by atoms with Gasteiger partial charge in [-0.2, -0.15) is 0 Å². The largest absolute Gasteiger partial charge is 0.441 e. The molecule has 5 heteroatoms. The van der Waals surface area contributed by atoms with Crippen molar-refractivity contribution in [3.05, 3.63) is 39.8 Å². The van der Waals surface area contributed by atoms with Crippen LogP contribution in [-0.2, 0) is 6.42 Å². The number of nitrogens with one attached hydrogen (secondary N) is 1. The molecule has 0 amide bonds. The minimum Gasteiger partial charge on any atom is -0.441 e. The molecule has 0 atom stereocenters. The third-order valence-corrected chi connectivity index (χ3v) is 3.56. The average molecular weight is 358 g/mol. The highest BCUT2D eigenvalue weighted by atomic mass is 79.9. The molecule has 0 unspecified atom stereocenters. The summed E-state index contributed by atoms with van der Waals surface area (Å²) in [6, 6.07) is 5.67. The molecule has 108 valence electrons. The van der Waals surface area contributed by atoms with Crippen LogP contribution in [0.3, 0.4) is 0 Å². The maximum Gasteiger partial charge on any atom is 0.196 e. The van der Waals surface area contributed by atoms with Crippen molar-refractivity contribution < 1.29 is 4.42 Å². The number of benzene rings is 1. The predicted molar refractivity (Wildman–Crippen MR) is 86.1 cm³/mol. The second-order valence-electron chi connectivity index (χ2n) is 5.67. The predicted octanol–water partition coefficient (Wildman–Crippen LogP) is 4.69. The summed E-state index contributed by atoms with van der Waals surface area (Å²) in [6.07, 6.45) is 2.48. The zero-order chi connectivity index (χ0) is 14.8. The number of hydrogen-bond donors (Lipinski definition) is 1. The lowest BCUT2D eigenvalue weighted by Gasteiger charge is -2.19. The van der Waals surface area contributed by atoms with Gasteiger partial charge in [-0.15, -0.1) is 0 Å². The first-order valence-corrected chi connectivity index (χ1v) is 7.67. The van der Waals surface area contributed by atoms with Gasteiger partial charge in [-0.1, -0.05) is 27.5 Å². The van der Waals surface area contributed by atoms with E-state index in [1.54, 1.807) is 6.20 Å². The Labute approximate surface area is 132 Å². The maximum absolute atomic E-state index is 6.18. The first-order valence-electron chi connectivity index (χ1n) is 6.50. The molecule has 0 saturated heterocycles. The van der Waals surface area contributed by atoms with Crippen LogP contribution in [-0.4, -0.2) is 17.1 Å². The molecule has 0 radical (unpaired) electrons. The number of aromatic nitrogens is 1. The van der Waals surface area contributed by atoms with Gasteiger partial charge in [0.25, 0.3) is 0 Å². The van der Waals surface area contributed by atoms with E-state index in [9.17, 15) is 0 Å². The molecular formula is C15H18BrClN2O. The highest BCUT2D eigenvalue weighted by Crippen LogP contribution is 2.31. The Morgan fingerprint density at radius 2 is 2.10 bits per heavy atom. The van der Waals surface area contributed by atoms with Crippen LogP contribution >= 0.6 is 27.5 Å². The minimum absolute atomic E-state index is 0.100. The molecule has 1 heterocycles. The standard InChI is InChI=1S/C15H18BrClN2O/c1-15(2,3)19-7-6-14-18-9-13(20-14)11-8-10(16)4-5-12(11)17/h4-5,8-9,19H,6-7H2,1-3H3. The van der Waals surface area contributed by atoms with Gasteiger partial charge in [0.2, 0.25) is 0 Å². The van der Waals surface area contributed by atoms with E-state index in [1.165, 1.54) is 0 Å². The summed E-state index contributed by atoms with van der Waals surface area (Å²) in [5, 5.41) is 4.06. The van der Waals surface area contributed by atoms with E-state index in [0.717, 1.165) is 23.0 Å². The summed E-state index contributed by atoms with van der Waals surface area (Å²) < 4.78 is 6.73. The van der Waals surface area contributed by atoms with Crippen LogP contribution in [0.15, 0.2) is 33.3 Å². The first kappa shape index (κ1) is 15.5. The molecule has 3 nitrogen and oxygen atoms in total. The number of oxazole rings is 1. The SMILES string of the molecule is CC(C)(C)NCCc1ncc(-c2cc(Br)ccc2Cl)o1. The normalized spacial score (nSPS) is 11.8. The number of rotatable bonds is 4. The molecule has 2 aromatic rings. The van der Waals surface area contributed by atoms with Crippen molar-refractivity contribution in [1.29, 1.82) is 0 Å². The number of halogens is 2. The molecule has 20 heavy (non-hydrogen) atoms. The van der Waals surface area contributed by atoms with Crippen molar-refractivity contribution in [2.24, 2.45) is 0 Å². The van der Waals surface area contributed by atoms with E-state index in [2.05, 4.69) is 47.0 Å². The Morgan fingerprint density at radius 3 is 2.80 bits per heavy atom. The van der Waals surface area contributed by atoms with E-state index in [0.29, 0.717) is 16.7 Å². The fourth-order valence-corrected chi connectivity index (χ4v) is 2.35. The molecule has 0 bridgehead atoms. The van der Waals surface area contributed by atoms with Crippen LogP contribution in [0.5, 0.6) is 0 Å². The second-order valence-corrected chi connectivity index (χ2v) is 6.99. The molecular weight excluding hydrogens is 340 g/mol. The van der Waals surface area contributed by atoms with Gasteiger partial charge >= 0.3 is 0 Å². The highest BCUT2D eigenvalue weighted by molar-refractivity contribution is 9.10. The van der Waals surface area contributed by atoms with Crippen molar-refractivity contribution in [1.82, 2.24) is 10.3 Å². The van der Waals surface area contributed by atoms with E-state index >= 15 is 0 Å². The molecule has 0 aliphatic heterocycles. The van der Waals surface area contributed by atoms with Gasteiger partial charge < -0.3 is 9.73 Å². The molecule has 0 aliphatic carbocycles. The topological polar surface area (TPSA) is 38.1 Å². The molecule has 0 spiro atoms. The van der Waals surface area contributed by atoms with Crippen LogP contribution in [0, 0.1) is 0 Å². The second kappa shape index (κ2) is 6.29. The smallest absolute Gasteiger partial charge is 0.196 e. The Hall–Kier alpha value is -0.840. The Balaban J connectivity index is 2.07. The van der Waals surface area contributed by atoms with Crippen LogP contribution in [0.4, 0.5) is 0 Å². The summed E-state index contributed by atoms with van der Waals surface area (Å²) in [6.45, 7) is 7.23. The Kier molecular flexibility index (Phi) is 4.89. The average Bonchev–Trinajstić information content (AvgIpc) is 2.79. The summed E-state index contributed by atoms with van der Waals surface area (Å²) in [4.78, 5) is 4.30. The maximum atomic E-state index is 6.18. The van der Waals surface area contributed by atoms with Crippen molar-refractivity contribution in [3.8, 4) is 11.3 Å². The summed E-state index contributed by atoms with van der Waals surface area (Å²) >= 11 is 9.62. The van der Waals surface area contributed by atoms with Gasteiger partial charge in [-0.25, -0.2) is 4.98 Å². The molecule has 1 aromatic heterocycles. The summed E-state index contributed by atoms with van der Waals surface area (Å²) in [7, 11) is 0. The minimum atomic E-state index is 0.100. The van der Waals surface area contributed by atoms with Gasteiger partial charge in [0.05, 0.1) is 11.2 Å². The third-order valence-electron chi connectivity index (χ3n) is 2.74. The van der Waals surface area contributed by atoms with Crippen molar-refractivity contribution >= 4 is 27.5 Å². The number of hydrogen-bond acceptors (Lipinski definition) is 3. The van der Waals surface area contributed by atoms with E-state index < -0.39 is 0 Å². The van der Waals surface area contributed by atoms with Crippen molar-refractivity contribution in [3.63, 3.8) is 0 Å². The van der Waals surface area contributed by atoms with Crippen molar-refractivity contribution in [2.75, 3.05) is 6.54 Å². The fraction of sp³-hybridized carbons (Fsp3) is 0.400. The zero-order valence-electron chi connectivity index (χ0n) is 11.8. The van der Waals surface area contributed by atoms with E-state index in [-0.39, 0.29) is 5.54 Å². The highest BCUT2D eigenvalue weighted by Gasteiger charge is 2.12. The Morgan fingerprint density at radius 1 is 1.35 bits per heavy atom. The molecule has 1 aromatic carbocycles. The molecule has 2 rings (SSSR count). The first-order chi connectivity index (χ1) is 9.35. The van der Waals surface area contributed by atoms with E-state index in [4.69, 9.17) is 16.0 Å². The van der Waals surface area contributed by atoms with Gasteiger partial charge in [0, 0.05) is 28.5 Å².